The van der Waals surface area contributed by atoms with Gasteiger partial charge in [-0.25, -0.2) is 4.39 Å². The molecule has 0 aliphatic heterocycles. The fourth-order valence-electron chi connectivity index (χ4n) is 2.09. The molecule has 2 rings (SSSR count). The van der Waals surface area contributed by atoms with Crippen LogP contribution in [0.15, 0.2) is 24.4 Å². The largest absolute Gasteiger partial charge is 0.377 e. The molecule has 0 spiro atoms. The van der Waals surface area contributed by atoms with Gasteiger partial charge in [0.05, 0.1) is 23.0 Å². The first kappa shape index (κ1) is 13.1. The number of halogens is 1. The van der Waals surface area contributed by atoms with Crippen molar-refractivity contribution >= 4 is 5.69 Å². The number of aryl methyl sites for hydroxylation is 2. The summed E-state index contributed by atoms with van der Waals surface area (Å²) in [6, 6.07) is 6.13. The molecule has 0 amide bonds. The second-order valence-corrected chi connectivity index (χ2v) is 4.51. The Morgan fingerprint density at radius 1 is 1.47 bits per heavy atom. The SMILES string of the molecule is Cc1nn(C)cc1C(C)Nc1ccc(F)cc1C#N. The number of hydrogen-bond donors (Lipinski definition) is 1. The van der Waals surface area contributed by atoms with Gasteiger partial charge in [-0.3, -0.25) is 4.68 Å². The molecule has 0 bridgehead atoms. The molecule has 5 heteroatoms. The van der Waals surface area contributed by atoms with Crippen LogP contribution in [0.1, 0.15) is 29.8 Å². The van der Waals surface area contributed by atoms with Gasteiger partial charge in [0, 0.05) is 18.8 Å². The number of anilines is 1. The van der Waals surface area contributed by atoms with Crippen molar-refractivity contribution in [1.29, 1.82) is 5.26 Å². The number of rotatable bonds is 3. The van der Waals surface area contributed by atoms with E-state index >= 15 is 0 Å². The van der Waals surface area contributed by atoms with Crippen LogP contribution in [0.4, 0.5) is 10.1 Å². The quantitative estimate of drug-likeness (QED) is 0.921. The van der Waals surface area contributed by atoms with Gasteiger partial charge in [0.15, 0.2) is 0 Å². The van der Waals surface area contributed by atoms with E-state index < -0.39 is 5.82 Å². The van der Waals surface area contributed by atoms with Crippen LogP contribution < -0.4 is 5.32 Å². The average molecular weight is 258 g/mol. The highest BCUT2D eigenvalue weighted by Crippen LogP contribution is 2.24. The van der Waals surface area contributed by atoms with Gasteiger partial charge < -0.3 is 5.32 Å². The number of nitriles is 1. The zero-order valence-corrected chi connectivity index (χ0v) is 11.1. The van der Waals surface area contributed by atoms with E-state index in [1.807, 2.05) is 33.2 Å². The van der Waals surface area contributed by atoms with Crippen molar-refractivity contribution in [3.8, 4) is 6.07 Å². The molecule has 1 atom stereocenters. The van der Waals surface area contributed by atoms with E-state index in [1.54, 1.807) is 10.7 Å². The molecule has 0 aliphatic carbocycles. The topological polar surface area (TPSA) is 53.6 Å². The van der Waals surface area contributed by atoms with E-state index in [-0.39, 0.29) is 6.04 Å². The summed E-state index contributed by atoms with van der Waals surface area (Å²) < 4.78 is 14.8. The monoisotopic (exact) mass is 258 g/mol. The van der Waals surface area contributed by atoms with Crippen LogP contribution in [-0.4, -0.2) is 9.78 Å². The Morgan fingerprint density at radius 2 is 2.21 bits per heavy atom. The predicted molar refractivity (Wildman–Crippen MR) is 71.1 cm³/mol. The normalized spacial score (nSPS) is 11.9. The van der Waals surface area contributed by atoms with E-state index in [1.165, 1.54) is 12.1 Å². The molecule has 0 saturated carbocycles. The van der Waals surface area contributed by atoms with Crippen molar-refractivity contribution < 1.29 is 4.39 Å². The molecule has 0 saturated heterocycles. The summed E-state index contributed by atoms with van der Waals surface area (Å²) in [7, 11) is 1.86. The maximum Gasteiger partial charge on any atom is 0.124 e. The third-order valence-corrected chi connectivity index (χ3v) is 2.99. The molecule has 0 aliphatic rings. The molecule has 0 radical (unpaired) electrons. The second kappa shape index (κ2) is 5.11. The predicted octanol–water partition coefficient (Wildman–Crippen LogP) is 2.91. The molecular formula is C14H15FN4. The number of nitrogens with one attached hydrogen (secondary N) is 1. The standard InChI is InChI=1S/C14H15FN4/c1-9(13-8-19(3)18-10(13)2)17-14-5-4-12(15)6-11(14)7-16/h4-6,8-9,17H,1-3H3. The lowest BCUT2D eigenvalue weighted by atomic mass is 10.1. The molecule has 1 heterocycles. The van der Waals surface area contributed by atoms with Gasteiger partial charge in [-0.05, 0) is 32.0 Å². The van der Waals surface area contributed by atoms with Gasteiger partial charge in [-0.2, -0.15) is 10.4 Å². The van der Waals surface area contributed by atoms with Crippen LogP contribution in [0.5, 0.6) is 0 Å². The molecule has 1 aromatic heterocycles. The Kier molecular flexibility index (Phi) is 3.52. The van der Waals surface area contributed by atoms with Crippen molar-refractivity contribution in [3.63, 3.8) is 0 Å². The maximum atomic E-state index is 13.1. The van der Waals surface area contributed by atoms with E-state index in [9.17, 15) is 4.39 Å². The minimum atomic E-state index is -0.410. The van der Waals surface area contributed by atoms with Gasteiger partial charge in [0.25, 0.3) is 0 Å². The summed E-state index contributed by atoms with van der Waals surface area (Å²) in [5.74, 6) is -0.410. The van der Waals surface area contributed by atoms with Crippen LogP contribution >= 0.6 is 0 Å². The Bertz CT molecular complexity index is 639. The third-order valence-electron chi connectivity index (χ3n) is 2.99. The van der Waals surface area contributed by atoms with Gasteiger partial charge >= 0.3 is 0 Å². The van der Waals surface area contributed by atoms with Gasteiger partial charge in [0.2, 0.25) is 0 Å². The van der Waals surface area contributed by atoms with Crippen molar-refractivity contribution in [1.82, 2.24) is 9.78 Å². The first-order valence-corrected chi connectivity index (χ1v) is 5.97. The average Bonchev–Trinajstić information content (AvgIpc) is 2.70. The molecule has 1 unspecified atom stereocenters. The van der Waals surface area contributed by atoms with Crippen molar-refractivity contribution in [2.24, 2.45) is 7.05 Å². The van der Waals surface area contributed by atoms with E-state index in [0.717, 1.165) is 11.3 Å². The smallest absolute Gasteiger partial charge is 0.124 e. The van der Waals surface area contributed by atoms with Crippen molar-refractivity contribution in [2.75, 3.05) is 5.32 Å². The van der Waals surface area contributed by atoms with Gasteiger partial charge in [-0.1, -0.05) is 0 Å². The first-order valence-electron chi connectivity index (χ1n) is 5.97. The molecule has 1 aromatic carbocycles. The first-order chi connectivity index (χ1) is 9.01. The fraction of sp³-hybridized carbons (Fsp3) is 0.286. The summed E-state index contributed by atoms with van der Waals surface area (Å²) in [6.07, 6.45) is 1.93. The lowest BCUT2D eigenvalue weighted by molar-refractivity contribution is 0.627. The molecular weight excluding hydrogens is 243 g/mol. The van der Waals surface area contributed by atoms with E-state index in [4.69, 9.17) is 5.26 Å². The summed E-state index contributed by atoms with van der Waals surface area (Å²) in [6.45, 7) is 3.91. The van der Waals surface area contributed by atoms with Crippen LogP contribution in [0, 0.1) is 24.1 Å². The van der Waals surface area contributed by atoms with Crippen molar-refractivity contribution in [3.05, 3.63) is 47.0 Å². The maximum absolute atomic E-state index is 13.1. The molecule has 19 heavy (non-hydrogen) atoms. The van der Waals surface area contributed by atoms with E-state index in [0.29, 0.717) is 11.3 Å². The summed E-state index contributed by atoms with van der Waals surface area (Å²) >= 11 is 0. The number of nitrogens with zero attached hydrogens (tertiary/aromatic N) is 3. The second-order valence-electron chi connectivity index (χ2n) is 4.51. The molecule has 4 nitrogen and oxygen atoms in total. The lowest BCUT2D eigenvalue weighted by Gasteiger charge is -2.15. The Balaban J connectivity index is 2.27. The molecule has 1 N–H and O–H groups in total. The Labute approximate surface area is 111 Å². The minimum Gasteiger partial charge on any atom is -0.377 e. The van der Waals surface area contributed by atoms with E-state index in [2.05, 4.69) is 10.4 Å². The third kappa shape index (κ3) is 2.74. The zero-order valence-electron chi connectivity index (χ0n) is 11.1. The summed E-state index contributed by atoms with van der Waals surface area (Å²) in [5, 5.41) is 16.5. The van der Waals surface area contributed by atoms with Gasteiger partial charge in [-0.15, -0.1) is 0 Å². The Hall–Kier alpha value is -2.35. The van der Waals surface area contributed by atoms with Crippen LogP contribution in [0.2, 0.25) is 0 Å². The summed E-state index contributed by atoms with van der Waals surface area (Å²) in [5.41, 5.74) is 2.91. The highest BCUT2D eigenvalue weighted by molar-refractivity contribution is 5.58. The lowest BCUT2D eigenvalue weighted by Crippen LogP contribution is -2.08. The minimum absolute atomic E-state index is 0.00809. The number of aromatic nitrogens is 2. The Morgan fingerprint density at radius 3 is 2.79 bits per heavy atom. The highest BCUT2D eigenvalue weighted by atomic mass is 19.1. The van der Waals surface area contributed by atoms with Crippen molar-refractivity contribution in [2.45, 2.75) is 19.9 Å². The van der Waals surface area contributed by atoms with Crippen LogP contribution in [0.3, 0.4) is 0 Å². The summed E-state index contributed by atoms with van der Waals surface area (Å²) in [4.78, 5) is 0. The number of hydrogen-bond acceptors (Lipinski definition) is 3. The van der Waals surface area contributed by atoms with Crippen LogP contribution in [0.25, 0.3) is 0 Å². The highest BCUT2D eigenvalue weighted by Gasteiger charge is 2.13. The molecule has 2 aromatic rings. The van der Waals surface area contributed by atoms with Gasteiger partial charge in [0.1, 0.15) is 11.9 Å². The van der Waals surface area contributed by atoms with Crippen LogP contribution in [-0.2, 0) is 7.05 Å². The number of benzene rings is 1. The molecule has 98 valence electrons. The fourth-order valence-corrected chi connectivity index (χ4v) is 2.09. The zero-order chi connectivity index (χ0) is 14.0. The molecule has 0 fully saturated rings.